The fourth-order valence-corrected chi connectivity index (χ4v) is 2.74. The van der Waals surface area contributed by atoms with E-state index in [-0.39, 0.29) is 6.03 Å². The van der Waals surface area contributed by atoms with Crippen LogP contribution in [0.4, 0.5) is 16.2 Å². The van der Waals surface area contributed by atoms with Gasteiger partial charge in [-0.1, -0.05) is 0 Å². The summed E-state index contributed by atoms with van der Waals surface area (Å²) in [5.41, 5.74) is 9.04. The summed E-state index contributed by atoms with van der Waals surface area (Å²) in [6, 6.07) is 7.42. The largest absolute Gasteiger partial charge is 0.399 e. The summed E-state index contributed by atoms with van der Waals surface area (Å²) in [5, 5.41) is 0. The van der Waals surface area contributed by atoms with E-state index in [1.807, 2.05) is 35.4 Å². The van der Waals surface area contributed by atoms with Crippen LogP contribution in [0.3, 0.4) is 0 Å². The second kappa shape index (κ2) is 4.89. The molecular weight excluding hydrogens is 260 g/mol. The van der Waals surface area contributed by atoms with E-state index in [0.29, 0.717) is 18.8 Å². The molecule has 2 heterocycles. The van der Waals surface area contributed by atoms with Gasteiger partial charge in [0.25, 0.3) is 0 Å². The van der Waals surface area contributed by atoms with Gasteiger partial charge in [-0.15, -0.1) is 11.3 Å². The Morgan fingerprint density at radius 2 is 2.05 bits per heavy atom. The molecule has 19 heavy (non-hydrogen) atoms. The van der Waals surface area contributed by atoms with E-state index in [1.165, 1.54) is 0 Å². The molecule has 0 unspecified atom stereocenters. The predicted molar refractivity (Wildman–Crippen MR) is 76.1 cm³/mol. The minimum absolute atomic E-state index is 0.0400. The van der Waals surface area contributed by atoms with Crippen molar-refractivity contribution >= 4 is 28.7 Å². The van der Waals surface area contributed by atoms with Crippen LogP contribution in [0.1, 0.15) is 4.88 Å². The maximum Gasteiger partial charge on any atom is 0.324 e. The van der Waals surface area contributed by atoms with Crippen molar-refractivity contribution in [1.29, 1.82) is 0 Å². The third-order valence-electron chi connectivity index (χ3n) is 3.13. The molecule has 2 amide bonds. The number of rotatable bonds is 3. The lowest BCUT2D eigenvalue weighted by Crippen LogP contribution is -2.31. The quantitative estimate of drug-likeness (QED) is 0.872. The Balaban J connectivity index is 1.73. The van der Waals surface area contributed by atoms with E-state index < -0.39 is 0 Å². The third kappa shape index (κ3) is 2.39. The molecule has 1 aromatic heterocycles. The monoisotopic (exact) mass is 274 g/mol. The lowest BCUT2D eigenvalue weighted by atomic mass is 10.2. The number of nitrogens with two attached hydrogens (primary N) is 1. The van der Waals surface area contributed by atoms with Gasteiger partial charge in [-0.3, -0.25) is 9.88 Å². The van der Waals surface area contributed by atoms with Crippen molar-refractivity contribution in [1.82, 2.24) is 9.88 Å². The molecule has 0 atom stereocenters. The van der Waals surface area contributed by atoms with Crippen molar-refractivity contribution in [2.75, 3.05) is 23.7 Å². The Morgan fingerprint density at radius 3 is 2.74 bits per heavy atom. The number of nitrogen functional groups attached to an aromatic ring is 1. The standard InChI is InChI=1S/C13H14N4OS/c14-10-1-3-11(4-2-10)17-6-5-16(13(17)18)8-12-7-15-9-19-12/h1-4,7,9H,5-6,8,14H2. The first-order valence-electron chi connectivity index (χ1n) is 6.03. The summed E-state index contributed by atoms with van der Waals surface area (Å²) < 4.78 is 0. The number of nitrogens with zero attached hydrogens (tertiary/aromatic N) is 3. The second-order valence-corrected chi connectivity index (χ2v) is 5.39. The van der Waals surface area contributed by atoms with E-state index >= 15 is 0 Å². The summed E-state index contributed by atoms with van der Waals surface area (Å²) in [6.45, 7) is 2.08. The lowest BCUT2D eigenvalue weighted by molar-refractivity contribution is 0.219. The van der Waals surface area contributed by atoms with Crippen LogP contribution in [0.15, 0.2) is 36.0 Å². The Bertz CT molecular complexity index is 567. The molecule has 2 N–H and O–H groups in total. The molecule has 3 rings (SSSR count). The fourth-order valence-electron chi connectivity index (χ4n) is 2.13. The molecule has 0 saturated carbocycles. The molecule has 6 heteroatoms. The molecule has 0 bridgehead atoms. The average molecular weight is 274 g/mol. The van der Waals surface area contributed by atoms with Gasteiger partial charge in [-0.05, 0) is 24.3 Å². The topological polar surface area (TPSA) is 62.5 Å². The van der Waals surface area contributed by atoms with Gasteiger partial charge in [0.15, 0.2) is 0 Å². The molecule has 0 aliphatic carbocycles. The zero-order chi connectivity index (χ0) is 13.2. The van der Waals surface area contributed by atoms with Gasteiger partial charge in [-0.25, -0.2) is 4.79 Å². The van der Waals surface area contributed by atoms with E-state index in [0.717, 1.165) is 17.1 Å². The van der Waals surface area contributed by atoms with Crippen LogP contribution in [-0.4, -0.2) is 29.0 Å². The van der Waals surface area contributed by atoms with Gasteiger partial charge in [-0.2, -0.15) is 0 Å². The van der Waals surface area contributed by atoms with Gasteiger partial charge in [0.1, 0.15) is 0 Å². The van der Waals surface area contributed by atoms with Gasteiger partial charge in [0, 0.05) is 35.5 Å². The van der Waals surface area contributed by atoms with Gasteiger partial charge < -0.3 is 10.6 Å². The summed E-state index contributed by atoms with van der Waals surface area (Å²) in [7, 11) is 0. The fraction of sp³-hybridized carbons (Fsp3) is 0.231. The molecule has 98 valence electrons. The highest BCUT2D eigenvalue weighted by molar-refractivity contribution is 7.09. The van der Waals surface area contributed by atoms with Crippen LogP contribution in [0.5, 0.6) is 0 Å². The Hall–Kier alpha value is -2.08. The van der Waals surface area contributed by atoms with E-state index in [9.17, 15) is 4.79 Å². The van der Waals surface area contributed by atoms with Crippen LogP contribution in [0.25, 0.3) is 0 Å². The summed E-state index contributed by atoms with van der Waals surface area (Å²) in [6.07, 6.45) is 1.81. The smallest absolute Gasteiger partial charge is 0.324 e. The molecule has 5 nitrogen and oxygen atoms in total. The van der Waals surface area contributed by atoms with Gasteiger partial charge >= 0.3 is 6.03 Å². The molecule has 1 saturated heterocycles. The maximum atomic E-state index is 12.3. The Morgan fingerprint density at radius 1 is 1.26 bits per heavy atom. The van der Waals surface area contributed by atoms with Gasteiger partial charge in [0.2, 0.25) is 0 Å². The molecular formula is C13H14N4OS. The first-order valence-corrected chi connectivity index (χ1v) is 6.91. The highest BCUT2D eigenvalue weighted by Crippen LogP contribution is 2.23. The molecule has 2 aromatic rings. The highest BCUT2D eigenvalue weighted by Gasteiger charge is 2.29. The Labute approximate surface area is 115 Å². The molecule has 0 spiro atoms. The van der Waals surface area contributed by atoms with Crippen molar-refractivity contribution in [3.63, 3.8) is 0 Å². The maximum absolute atomic E-state index is 12.3. The first kappa shape index (κ1) is 12.0. The van der Waals surface area contributed by atoms with Crippen LogP contribution < -0.4 is 10.6 Å². The SMILES string of the molecule is Nc1ccc(N2CCN(Cc3cncs3)C2=O)cc1. The normalized spacial score (nSPS) is 15.3. The number of hydrogen-bond donors (Lipinski definition) is 1. The van der Waals surface area contributed by atoms with Crippen molar-refractivity contribution in [2.24, 2.45) is 0 Å². The molecule has 1 fully saturated rings. The van der Waals surface area contributed by atoms with Gasteiger partial charge in [0.05, 0.1) is 12.1 Å². The van der Waals surface area contributed by atoms with Crippen LogP contribution >= 0.6 is 11.3 Å². The van der Waals surface area contributed by atoms with E-state index in [4.69, 9.17) is 5.73 Å². The number of thiazole rings is 1. The molecule has 0 radical (unpaired) electrons. The summed E-state index contributed by atoms with van der Waals surface area (Å²) in [4.78, 5) is 21.1. The van der Waals surface area contributed by atoms with Crippen molar-refractivity contribution in [3.8, 4) is 0 Å². The third-order valence-corrected chi connectivity index (χ3v) is 3.89. The van der Waals surface area contributed by atoms with Crippen LogP contribution in [0, 0.1) is 0 Å². The van der Waals surface area contributed by atoms with Crippen molar-refractivity contribution < 1.29 is 4.79 Å². The van der Waals surface area contributed by atoms with E-state index in [2.05, 4.69) is 4.98 Å². The van der Waals surface area contributed by atoms with Crippen molar-refractivity contribution in [2.45, 2.75) is 6.54 Å². The number of hydrogen-bond acceptors (Lipinski definition) is 4. The number of amides is 2. The first-order chi connectivity index (χ1) is 9.24. The molecule has 1 aliphatic heterocycles. The number of anilines is 2. The number of carbonyl (C=O) groups is 1. The summed E-state index contributed by atoms with van der Waals surface area (Å²) >= 11 is 1.57. The minimum Gasteiger partial charge on any atom is -0.399 e. The second-order valence-electron chi connectivity index (χ2n) is 4.42. The Kier molecular flexibility index (Phi) is 3.08. The predicted octanol–water partition coefficient (Wildman–Crippen LogP) is 2.17. The number of aromatic nitrogens is 1. The highest BCUT2D eigenvalue weighted by atomic mass is 32.1. The van der Waals surface area contributed by atoms with Crippen molar-refractivity contribution in [3.05, 3.63) is 40.8 Å². The zero-order valence-electron chi connectivity index (χ0n) is 10.3. The zero-order valence-corrected chi connectivity index (χ0v) is 11.1. The summed E-state index contributed by atoms with van der Waals surface area (Å²) in [5.74, 6) is 0. The van der Waals surface area contributed by atoms with Crippen LogP contribution in [0.2, 0.25) is 0 Å². The molecule has 1 aromatic carbocycles. The minimum atomic E-state index is 0.0400. The number of urea groups is 1. The average Bonchev–Trinajstić information content (AvgIpc) is 3.03. The lowest BCUT2D eigenvalue weighted by Gasteiger charge is -2.18. The number of carbonyl (C=O) groups excluding carboxylic acids is 1. The molecule has 1 aliphatic rings. The van der Waals surface area contributed by atoms with Crippen LogP contribution in [-0.2, 0) is 6.54 Å². The van der Waals surface area contributed by atoms with E-state index in [1.54, 1.807) is 21.7 Å². The number of benzene rings is 1.